The zero-order valence-corrected chi connectivity index (χ0v) is 33.4. The van der Waals surface area contributed by atoms with Crippen LogP contribution < -0.4 is 4.90 Å². The fourth-order valence-electron chi connectivity index (χ4n) is 9.51. The monoisotopic (exact) mass is 777 g/mol. The van der Waals surface area contributed by atoms with E-state index in [4.69, 9.17) is 0 Å². The number of hydrogen-bond acceptors (Lipinski definition) is 1. The lowest BCUT2D eigenvalue weighted by molar-refractivity contribution is 1.18. The summed E-state index contributed by atoms with van der Waals surface area (Å²) in [5.41, 5.74) is 15.2. The number of anilines is 3. The fourth-order valence-corrected chi connectivity index (χ4v) is 9.51. The van der Waals surface area contributed by atoms with Crippen LogP contribution in [0, 0.1) is 0 Å². The Morgan fingerprint density at radius 2 is 0.689 bits per heavy atom. The number of aromatic nitrogens is 2. The standard InChI is InChI=1S/C58H39N3/c1-3-15-40(16-4-1)41-27-32-45(33-28-41)59(56-37-38-57(50-20-8-7-19-49(50)56)61-54-25-13-9-21-47(54)48-22-10-14-26-55(48)61)46-34-29-42(30-35-46)43-31-36-58-52(39-43)51-23-11-12-24-53(51)60(58)44-17-5-2-6-18-44/h1-39H. The van der Waals surface area contributed by atoms with Crippen molar-refractivity contribution in [2.45, 2.75) is 0 Å². The molecule has 3 nitrogen and oxygen atoms in total. The highest BCUT2D eigenvalue weighted by Gasteiger charge is 2.20. The van der Waals surface area contributed by atoms with Crippen LogP contribution in [0.2, 0.25) is 0 Å². The maximum absolute atomic E-state index is 2.43. The molecule has 3 heteroatoms. The number of benzene rings is 10. The maximum Gasteiger partial charge on any atom is 0.0542 e. The molecule has 0 aliphatic carbocycles. The Kier molecular flexibility index (Phi) is 8.17. The van der Waals surface area contributed by atoms with Crippen LogP contribution in [0.15, 0.2) is 237 Å². The van der Waals surface area contributed by atoms with E-state index in [9.17, 15) is 0 Å². The van der Waals surface area contributed by atoms with E-state index in [1.807, 2.05) is 0 Å². The van der Waals surface area contributed by atoms with Crippen molar-refractivity contribution >= 4 is 71.4 Å². The van der Waals surface area contributed by atoms with Crippen molar-refractivity contribution in [2.75, 3.05) is 4.90 Å². The number of rotatable bonds is 7. The molecule has 0 fully saturated rings. The molecule has 0 saturated heterocycles. The Morgan fingerprint density at radius 1 is 0.262 bits per heavy atom. The number of nitrogens with zero attached hydrogens (tertiary/aromatic N) is 3. The van der Waals surface area contributed by atoms with Crippen molar-refractivity contribution in [3.05, 3.63) is 237 Å². The summed E-state index contributed by atoms with van der Waals surface area (Å²) in [4.78, 5) is 2.41. The molecule has 0 aliphatic heterocycles. The van der Waals surface area contributed by atoms with E-state index in [1.54, 1.807) is 0 Å². The molecule has 10 aromatic carbocycles. The lowest BCUT2D eigenvalue weighted by Gasteiger charge is -2.28. The van der Waals surface area contributed by atoms with Gasteiger partial charge in [0.25, 0.3) is 0 Å². The van der Waals surface area contributed by atoms with Crippen molar-refractivity contribution in [3.8, 4) is 33.6 Å². The number of para-hydroxylation sites is 4. The van der Waals surface area contributed by atoms with E-state index in [0.717, 1.165) is 22.7 Å². The average molecular weight is 778 g/mol. The third kappa shape index (κ3) is 5.74. The summed E-state index contributed by atoms with van der Waals surface area (Å²) in [6, 6.07) is 85.9. The summed E-state index contributed by atoms with van der Waals surface area (Å²) in [5.74, 6) is 0. The lowest BCUT2D eigenvalue weighted by atomic mass is 10.0. The van der Waals surface area contributed by atoms with Crippen LogP contribution in [-0.4, -0.2) is 9.13 Å². The van der Waals surface area contributed by atoms with Crippen LogP contribution >= 0.6 is 0 Å². The van der Waals surface area contributed by atoms with Crippen molar-refractivity contribution in [1.82, 2.24) is 9.13 Å². The van der Waals surface area contributed by atoms with Gasteiger partial charge in [-0.15, -0.1) is 0 Å². The van der Waals surface area contributed by atoms with Gasteiger partial charge in [-0.05, 0) is 101 Å². The smallest absolute Gasteiger partial charge is 0.0542 e. The topological polar surface area (TPSA) is 13.1 Å². The maximum atomic E-state index is 2.43. The second-order valence-electron chi connectivity index (χ2n) is 15.7. The van der Waals surface area contributed by atoms with Gasteiger partial charge in [0.05, 0.1) is 33.4 Å². The second kappa shape index (κ2) is 14.3. The largest absolute Gasteiger partial charge is 0.310 e. The molecule has 2 heterocycles. The summed E-state index contributed by atoms with van der Waals surface area (Å²) in [7, 11) is 0. The van der Waals surface area contributed by atoms with Gasteiger partial charge in [0.2, 0.25) is 0 Å². The Morgan fingerprint density at radius 3 is 1.30 bits per heavy atom. The van der Waals surface area contributed by atoms with E-state index < -0.39 is 0 Å². The Balaban J connectivity index is 1.01. The van der Waals surface area contributed by atoms with Crippen LogP contribution in [0.1, 0.15) is 0 Å². The minimum absolute atomic E-state index is 1.09. The van der Waals surface area contributed by atoms with Gasteiger partial charge >= 0.3 is 0 Å². The first kappa shape index (κ1) is 34.9. The normalized spacial score (nSPS) is 11.6. The summed E-state index contributed by atoms with van der Waals surface area (Å²) in [6.07, 6.45) is 0. The zero-order valence-electron chi connectivity index (χ0n) is 33.4. The minimum atomic E-state index is 1.09. The Labute approximate surface area is 354 Å². The van der Waals surface area contributed by atoms with Crippen molar-refractivity contribution in [2.24, 2.45) is 0 Å². The van der Waals surface area contributed by atoms with Gasteiger partial charge in [0.15, 0.2) is 0 Å². The molecule has 0 radical (unpaired) electrons. The van der Waals surface area contributed by atoms with Crippen molar-refractivity contribution in [1.29, 1.82) is 0 Å². The van der Waals surface area contributed by atoms with Crippen LogP contribution in [-0.2, 0) is 0 Å². The number of fused-ring (bicyclic) bond motifs is 7. The van der Waals surface area contributed by atoms with Crippen molar-refractivity contribution in [3.63, 3.8) is 0 Å². The summed E-state index contributed by atoms with van der Waals surface area (Å²) < 4.78 is 4.80. The first-order valence-electron chi connectivity index (χ1n) is 20.9. The molecule has 0 unspecified atom stereocenters. The lowest BCUT2D eigenvalue weighted by Crippen LogP contribution is -2.11. The first-order chi connectivity index (χ1) is 30.3. The molecule has 0 saturated carbocycles. The predicted molar refractivity (Wildman–Crippen MR) is 258 cm³/mol. The van der Waals surface area contributed by atoms with Gasteiger partial charge in [0.1, 0.15) is 0 Å². The Hall–Kier alpha value is -8.14. The van der Waals surface area contributed by atoms with Gasteiger partial charge in [-0.3, -0.25) is 0 Å². The molecular formula is C58H39N3. The molecule has 2 aromatic heterocycles. The first-order valence-corrected chi connectivity index (χ1v) is 20.9. The van der Waals surface area contributed by atoms with E-state index >= 15 is 0 Å². The van der Waals surface area contributed by atoms with Gasteiger partial charge in [-0.25, -0.2) is 0 Å². The molecule has 61 heavy (non-hydrogen) atoms. The van der Waals surface area contributed by atoms with Gasteiger partial charge in [0, 0.05) is 49.4 Å². The Bertz CT molecular complexity index is 3510. The minimum Gasteiger partial charge on any atom is -0.310 e. The molecule has 286 valence electrons. The van der Waals surface area contributed by atoms with E-state index in [0.29, 0.717) is 0 Å². The van der Waals surface area contributed by atoms with Gasteiger partial charge < -0.3 is 14.0 Å². The molecule has 0 N–H and O–H groups in total. The van der Waals surface area contributed by atoms with Crippen LogP contribution in [0.25, 0.3) is 88.0 Å². The highest BCUT2D eigenvalue weighted by atomic mass is 15.1. The molecule has 12 aromatic rings. The second-order valence-corrected chi connectivity index (χ2v) is 15.7. The molecule has 0 spiro atoms. The van der Waals surface area contributed by atoms with Gasteiger partial charge in [-0.2, -0.15) is 0 Å². The summed E-state index contributed by atoms with van der Waals surface area (Å²) >= 11 is 0. The van der Waals surface area contributed by atoms with Crippen molar-refractivity contribution < 1.29 is 0 Å². The molecule has 0 atom stereocenters. The van der Waals surface area contributed by atoms with E-state index in [2.05, 4.69) is 251 Å². The molecule has 0 bridgehead atoms. The summed E-state index contributed by atoms with van der Waals surface area (Å²) in [6.45, 7) is 0. The molecule has 12 rings (SSSR count). The van der Waals surface area contributed by atoms with Crippen LogP contribution in [0.5, 0.6) is 0 Å². The van der Waals surface area contributed by atoms with Crippen LogP contribution in [0.3, 0.4) is 0 Å². The highest BCUT2D eigenvalue weighted by molar-refractivity contribution is 6.12. The van der Waals surface area contributed by atoms with E-state index in [1.165, 1.54) is 82.3 Å². The van der Waals surface area contributed by atoms with E-state index in [-0.39, 0.29) is 0 Å². The fraction of sp³-hybridized carbons (Fsp3) is 0. The molecule has 0 aliphatic rings. The third-order valence-corrected chi connectivity index (χ3v) is 12.3. The average Bonchev–Trinajstić information content (AvgIpc) is 3.85. The molecule has 0 amide bonds. The quantitative estimate of drug-likeness (QED) is 0.157. The highest BCUT2D eigenvalue weighted by Crippen LogP contribution is 2.44. The molecular weight excluding hydrogens is 739 g/mol. The van der Waals surface area contributed by atoms with Crippen LogP contribution in [0.4, 0.5) is 17.1 Å². The zero-order chi connectivity index (χ0) is 40.3. The third-order valence-electron chi connectivity index (χ3n) is 12.3. The number of hydrogen-bond donors (Lipinski definition) is 0. The van der Waals surface area contributed by atoms with Gasteiger partial charge in [-0.1, -0.05) is 158 Å². The SMILES string of the molecule is c1ccc(-c2ccc(N(c3ccc(-c4ccc5c(c4)c4ccccc4n5-c4ccccc4)cc3)c3ccc(-n4c5ccccc5c5ccccc54)c4ccccc34)cc2)cc1. The summed E-state index contributed by atoms with van der Waals surface area (Å²) in [5, 5.41) is 7.38. The predicted octanol–water partition coefficient (Wildman–Crippen LogP) is 15.8.